The van der Waals surface area contributed by atoms with E-state index in [1.165, 1.54) is 5.56 Å². The molecule has 1 aliphatic heterocycles. The second-order valence-corrected chi connectivity index (χ2v) is 10.3. The van der Waals surface area contributed by atoms with Crippen molar-refractivity contribution in [3.63, 3.8) is 0 Å². The van der Waals surface area contributed by atoms with E-state index in [4.69, 9.17) is 14.2 Å². The molecule has 4 rings (SSSR count). The van der Waals surface area contributed by atoms with Crippen LogP contribution in [0.3, 0.4) is 0 Å². The number of amides is 1. The Morgan fingerprint density at radius 2 is 1.57 bits per heavy atom. The summed E-state index contributed by atoms with van der Waals surface area (Å²) in [5.74, 6) is 2.41. The van der Waals surface area contributed by atoms with Crippen LogP contribution in [0.4, 0.5) is 5.69 Å². The van der Waals surface area contributed by atoms with Gasteiger partial charge in [-0.2, -0.15) is 0 Å². The molecule has 0 atom stereocenters. The van der Waals surface area contributed by atoms with Gasteiger partial charge in [0.25, 0.3) is 5.91 Å². The summed E-state index contributed by atoms with van der Waals surface area (Å²) >= 11 is 0. The van der Waals surface area contributed by atoms with Gasteiger partial charge in [-0.3, -0.25) is 4.79 Å². The van der Waals surface area contributed by atoms with Crippen molar-refractivity contribution in [3.05, 3.63) is 83.4 Å². The quantitative estimate of drug-likeness (QED) is 0.382. The lowest BCUT2D eigenvalue weighted by Crippen LogP contribution is -2.48. The van der Waals surface area contributed by atoms with Crippen LogP contribution in [0.2, 0.25) is 0 Å². The van der Waals surface area contributed by atoms with Gasteiger partial charge in [0.15, 0.2) is 0 Å². The Morgan fingerprint density at radius 3 is 2.22 bits per heavy atom. The third kappa shape index (κ3) is 6.37. The van der Waals surface area contributed by atoms with Gasteiger partial charge in [-0.1, -0.05) is 45.0 Å². The van der Waals surface area contributed by atoms with E-state index >= 15 is 0 Å². The largest absolute Gasteiger partial charge is 0.495 e. The van der Waals surface area contributed by atoms with Gasteiger partial charge in [0, 0.05) is 37.3 Å². The molecule has 196 valence electrons. The minimum Gasteiger partial charge on any atom is -0.495 e. The van der Waals surface area contributed by atoms with Gasteiger partial charge in [0.05, 0.1) is 19.4 Å². The molecule has 37 heavy (non-hydrogen) atoms. The molecular weight excluding hydrogens is 464 g/mol. The fraction of sp³-hybridized carbons (Fsp3) is 0.387. The van der Waals surface area contributed by atoms with Crippen molar-refractivity contribution in [2.45, 2.75) is 39.7 Å². The zero-order valence-electron chi connectivity index (χ0n) is 22.6. The van der Waals surface area contributed by atoms with Gasteiger partial charge in [-0.15, -0.1) is 0 Å². The molecule has 0 saturated carbocycles. The second-order valence-electron chi connectivity index (χ2n) is 10.3. The number of benzene rings is 3. The zero-order chi connectivity index (χ0) is 26.4. The number of piperazine rings is 1. The molecule has 1 saturated heterocycles. The summed E-state index contributed by atoms with van der Waals surface area (Å²) in [6.07, 6.45) is 0. The standard InChI is InChI=1S/C31H38N2O4/c1-6-36-28-16-11-23(21-24(28)22-37-26-14-12-25(13-15-26)31(2,3)4)30(34)33-19-17-32(18-20-33)27-9-7-8-10-29(27)35-5/h7-16,21H,6,17-20,22H2,1-5H3. The number of methoxy groups -OCH3 is 1. The van der Waals surface area contributed by atoms with E-state index in [9.17, 15) is 4.79 Å². The minimum absolute atomic E-state index is 0.0264. The highest BCUT2D eigenvalue weighted by atomic mass is 16.5. The van der Waals surface area contributed by atoms with E-state index < -0.39 is 0 Å². The monoisotopic (exact) mass is 502 g/mol. The van der Waals surface area contributed by atoms with Crippen molar-refractivity contribution in [3.8, 4) is 17.2 Å². The first-order valence-electron chi connectivity index (χ1n) is 13.0. The molecule has 0 bridgehead atoms. The third-order valence-electron chi connectivity index (χ3n) is 6.71. The Balaban J connectivity index is 1.43. The van der Waals surface area contributed by atoms with Gasteiger partial charge < -0.3 is 24.0 Å². The third-order valence-corrected chi connectivity index (χ3v) is 6.71. The number of para-hydroxylation sites is 2. The van der Waals surface area contributed by atoms with Gasteiger partial charge in [0.1, 0.15) is 23.9 Å². The molecule has 0 radical (unpaired) electrons. The van der Waals surface area contributed by atoms with Crippen LogP contribution in [0.25, 0.3) is 0 Å². The molecule has 3 aromatic carbocycles. The van der Waals surface area contributed by atoms with Crippen LogP contribution in [-0.4, -0.2) is 50.7 Å². The van der Waals surface area contributed by atoms with Crippen LogP contribution in [-0.2, 0) is 12.0 Å². The lowest BCUT2D eigenvalue weighted by atomic mass is 9.87. The Morgan fingerprint density at radius 1 is 0.865 bits per heavy atom. The molecule has 1 heterocycles. The number of anilines is 1. The fourth-order valence-corrected chi connectivity index (χ4v) is 4.56. The predicted octanol–water partition coefficient (Wildman–Crippen LogP) is 5.93. The highest BCUT2D eigenvalue weighted by Gasteiger charge is 2.24. The van der Waals surface area contributed by atoms with E-state index in [1.807, 2.05) is 60.4 Å². The maximum Gasteiger partial charge on any atom is 0.253 e. The number of nitrogens with zero attached hydrogens (tertiary/aromatic N) is 2. The van der Waals surface area contributed by atoms with E-state index in [2.05, 4.69) is 43.9 Å². The summed E-state index contributed by atoms with van der Waals surface area (Å²) < 4.78 is 17.4. The minimum atomic E-state index is 0.0264. The average molecular weight is 503 g/mol. The molecule has 0 aliphatic carbocycles. The summed E-state index contributed by atoms with van der Waals surface area (Å²) in [4.78, 5) is 17.6. The normalized spacial score (nSPS) is 13.9. The first kappa shape index (κ1) is 26.4. The summed E-state index contributed by atoms with van der Waals surface area (Å²) in [6, 6.07) is 21.8. The molecule has 1 fully saturated rings. The fourth-order valence-electron chi connectivity index (χ4n) is 4.56. The van der Waals surface area contributed by atoms with Gasteiger partial charge in [-0.05, 0) is 60.4 Å². The molecule has 0 spiro atoms. The molecule has 0 aromatic heterocycles. The topological polar surface area (TPSA) is 51.2 Å². The van der Waals surface area contributed by atoms with Gasteiger partial charge >= 0.3 is 0 Å². The number of carbonyl (C=O) groups excluding carboxylic acids is 1. The summed E-state index contributed by atoms with van der Waals surface area (Å²) in [7, 11) is 1.69. The number of rotatable bonds is 8. The molecule has 1 amide bonds. The van der Waals surface area contributed by atoms with Crippen molar-refractivity contribution in [2.75, 3.05) is 44.8 Å². The Bertz CT molecular complexity index is 1190. The van der Waals surface area contributed by atoms with Crippen molar-refractivity contribution < 1.29 is 19.0 Å². The highest BCUT2D eigenvalue weighted by Crippen LogP contribution is 2.29. The summed E-state index contributed by atoms with van der Waals surface area (Å²) in [6.45, 7) is 12.2. The Hall–Kier alpha value is -3.67. The first-order chi connectivity index (χ1) is 17.8. The van der Waals surface area contributed by atoms with E-state index in [0.717, 1.165) is 41.6 Å². The number of ether oxygens (including phenoxy) is 3. The zero-order valence-corrected chi connectivity index (χ0v) is 22.6. The molecule has 0 N–H and O–H groups in total. The first-order valence-corrected chi connectivity index (χ1v) is 13.0. The van der Waals surface area contributed by atoms with Gasteiger partial charge in [-0.25, -0.2) is 0 Å². The van der Waals surface area contributed by atoms with Crippen LogP contribution >= 0.6 is 0 Å². The van der Waals surface area contributed by atoms with Crippen LogP contribution in [0.15, 0.2) is 66.7 Å². The SMILES string of the molecule is CCOc1ccc(C(=O)N2CCN(c3ccccc3OC)CC2)cc1COc1ccc(C(C)(C)C)cc1. The van der Waals surface area contributed by atoms with Crippen molar-refractivity contribution >= 4 is 11.6 Å². The number of hydrogen-bond donors (Lipinski definition) is 0. The van der Waals surface area contributed by atoms with Crippen LogP contribution in [0.1, 0.15) is 49.2 Å². The van der Waals surface area contributed by atoms with Crippen molar-refractivity contribution in [1.82, 2.24) is 4.90 Å². The molecule has 6 nitrogen and oxygen atoms in total. The highest BCUT2D eigenvalue weighted by molar-refractivity contribution is 5.94. The lowest BCUT2D eigenvalue weighted by Gasteiger charge is -2.36. The second kappa shape index (κ2) is 11.6. The molecule has 1 aliphatic rings. The molecular formula is C31H38N2O4. The van der Waals surface area contributed by atoms with E-state index in [1.54, 1.807) is 7.11 Å². The van der Waals surface area contributed by atoms with E-state index in [0.29, 0.717) is 31.9 Å². The number of hydrogen-bond acceptors (Lipinski definition) is 5. The van der Waals surface area contributed by atoms with E-state index in [-0.39, 0.29) is 11.3 Å². The van der Waals surface area contributed by atoms with Crippen LogP contribution in [0, 0.1) is 0 Å². The van der Waals surface area contributed by atoms with Crippen LogP contribution in [0.5, 0.6) is 17.2 Å². The smallest absolute Gasteiger partial charge is 0.253 e. The lowest BCUT2D eigenvalue weighted by molar-refractivity contribution is 0.0746. The van der Waals surface area contributed by atoms with Crippen molar-refractivity contribution in [1.29, 1.82) is 0 Å². The maximum atomic E-state index is 13.4. The number of carbonyl (C=O) groups is 1. The Kier molecular flexibility index (Phi) is 8.27. The summed E-state index contributed by atoms with van der Waals surface area (Å²) in [5.41, 5.74) is 3.92. The average Bonchev–Trinajstić information content (AvgIpc) is 2.92. The predicted molar refractivity (Wildman–Crippen MR) is 148 cm³/mol. The Labute approximate surface area is 220 Å². The molecule has 6 heteroatoms. The summed E-state index contributed by atoms with van der Waals surface area (Å²) in [5, 5.41) is 0. The van der Waals surface area contributed by atoms with Gasteiger partial charge in [0.2, 0.25) is 0 Å². The van der Waals surface area contributed by atoms with Crippen molar-refractivity contribution in [2.24, 2.45) is 0 Å². The van der Waals surface area contributed by atoms with Crippen LogP contribution < -0.4 is 19.1 Å². The maximum absolute atomic E-state index is 13.4. The molecule has 0 unspecified atom stereocenters. The molecule has 3 aromatic rings.